The van der Waals surface area contributed by atoms with E-state index in [-0.39, 0.29) is 12.2 Å². The summed E-state index contributed by atoms with van der Waals surface area (Å²) in [5, 5.41) is 9.39. The predicted octanol–water partition coefficient (Wildman–Crippen LogP) is 3.23. The highest BCUT2D eigenvalue weighted by Crippen LogP contribution is 2.40. The summed E-state index contributed by atoms with van der Waals surface area (Å²) in [5.41, 5.74) is -0.199. The van der Waals surface area contributed by atoms with Crippen molar-refractivity contribution >= 4 is 21.7 Å². The van der Waals surface area contributed by atoms with Gasteiger partial charge in [-0.2, -0.15) is 5.26 Å². The van der Waals surface area contributed by atoms with E-state index in [0.29, 0.717) is 21.5 Å². The van der Waals surface area contributed by atoms with E-state index in [1.165, 1.54) is 21.1 Å². The zero-order valence-corrected chi connectivity index (χ0v) is 13.0. The van der Waals surface area contributed by atoms with Gasteiger partial charge in [-0.05, 0) is 47.5 Å². The number of halogens is 1. The minimum atomic E-state index is -0.896. The van der Waals surface area contributed by atoms with Gasteiger partial charge < -0.3 is 9.47 Å². The van der Waals surface area contributed by atoms with Gasteiger partial charge in [-0.25, -0.2) is 0 Å². The van der Waals surface area contributed by atoms with Crippen LogP contribution in [0.5, 0.6) is 11.5 Å². The number of Topliss-reactive ketones (excluding diaryl/α,β-unsaturated/α-hetero) is 1. The van der Waals surface area contributed by atoms with Crippen LogP contribution in [0.4, 0.5) is 0 Å². The number of nitrogens with zero attached hydrogens (tertiary/aromatic N) is 1. The molecule has 19 heavy (non-hydrogen) atoms. The number of ether oxygens (including phenoxy) is 2. The number of carbonyl (C=O) groups excluding carboxylic acids is 1. The van der Waals surface area contributed by atoms with E-state index in [0.717, 1.165) is 0 Å². The Bertz CT molecular complexity index is 511. The molecule has 0 aliphatic carbocycles. The van der Waals surface area contributed by atoms with E-state index in [2.05, 4.69) is 22.0 Å². The SMILES string of the molecule is COc1cc(C(C)(C#N)CC(C)=O)cc(OC)c1Br. The molecule has 0 fully saturated rings. The van der Waals surface area contributed by atoms with Crippen LogP contribution in [0.25, 0.3) is 0 Å². The van der Waals surface area contributed by atoms with Crippen molar-refractivity contribution in [3.05, 3.63) is 22.2 Å². The van der Waals surface area contributed by atoms with Crippen LogP contribution in [0, 0.1) is 11.3 Å². The number of ketones is 1. The Morgan fingerprint density at radius 3 is 2.16 bits per heavy atom. The third-order valence-corrected chi connectivity index (χ3v) is 3.71. The van der Waals surface area contributed by atoms with Gasteiger partial charge in [0.25, 0.3) is 0 Å². The van der Waals surface area contributed by atoms with Gasteiger partial charge >= 0.3 is 0 Å². The van der Waals surface area contributed by atoms with Crippen LogP contribution < -0.4 is 9.47 Å². The maximum Gasteiger partial charge on any atom is 0.137 e. The van der Waals surface area contributed by atoms with Gasteiger partial charge in [0.1, 0.15) is 21.8 Å². The number of hydrogen-bond donors (Lipinski definition) is 0. The number of methoxy groups -OCH3 is 2. The van der Waals surface area contributed by atoms with Gasteiger partial charge in [-0.15, -0.1) is 0 Å². The van der Waals surface area contributed by atoms with Crippen molar-refractivity contribution in [3.63, 3.8) is 0 Å². The highest BCUT2D eigenvalue weighted by atomic mass is 79.9. The predicted molar refractivity (Wildman–Crippen MR) is 75.5 cm³/mol. The number of carbonyl (C=O) groups is 1. The van der Waals surface area contributed by atoms with Crippen LogP contribution in [-0.2, 0) is 10.2 Å². The molecule has 0 N–H and O–H groups in total. The van der Waals surface area contributed by atoms with Crippen LogP contribution in [0.15, 0.2) is 16.6 Å². The summed E-state index contributed by atoms with van der Waals surface area (Å²) < 4.78 is 11.2. The van der Waals surface area contributed by atoms with E-state index >= 15 is 0 Å². The summed E-state index contributed by atoms with van der Waals surface area (Å²) in [5.74, 6) is 1.10. The van der Waals surface area contributed by atoms with E-state index in [1.54, 1.807) is 19.1 Å². The summed E-state index contributed by atoms with van der Waals surface area (Å²) in [6, 6.07) is 5.70. The first-order valence-corrected chi connectivity index (χ1v) is 6.50. The molecule has 0 aromatic heterocycles. The number of nitriles is 1. The first-order chi connectivity index (χ1) is 8.87. The molecule has 1 unspecified atom stereocenters. The largest absolute Gasteiger partial charge is 0.495 e. The van der Waals surface area contributed by atoms with Crippen LogP contribution in [-0.4, -0.2) is 20.0 Å². The Morgan fingerprint density at radius 1 is 1.37 bits per heavy atom. The molecule has 0 heterocycles. The Hall–Kier alpha value is -1.54. The minimum absolute atomic E-state index is 0.0371. The second-order valence-corrected chi connectivity index (χ2v) is 5.31. The molecule has 0 bridgehead atoms. The molecule has 0 radical (unpaired) electrons. The van der Waals surface area contributed by atoms with Gasteiger partial charge in [0, 0.05) is 6.42 Å². The molecule has 1 aromatic rings. The number of benzene rings is 1. The number of hydrogen-bond acceptors (Lipinski definition) is 4. The fourth-order valence-corrected chi connectivity index (χ4v) is 2.44. The maximum absolute atomic E-state index is 11.3. The summed E-state index contributed by atoms with van der Waals surface area (Å²) in [7, 11) is 3.08. The van der Waals surface area contributed by atoms with Gasteiger partial charge in [-0.1, -0.05) is 0 Å². The van der Waals surface area contributed by atoms with E-state index < -0.39 is 5.41 Å². The van der Waals surface area contributed by atoms with E-state index in [4.69, 9.17) is 9.47 Å². The average molecular weight is 326 g/mol. The highest BCUT2D eigenvalue weighted by molar-refractivity contribution is 9.10. The normalized spacial score (nSPS) is 13.3. The molecule has 0 amide bonds. The average Bonchev–Trinajstić information content (AvgIpc) is 2.37. The topological polar surface area (TPSA) is 59.3 Å². The first kappa shape index (κ1) is 15.5. The summed E-state index contributed by atoms with van der Waals surface area (Å²) >= 11 is 3.38. The Kier molecular flexibility index (Phi) is 4.96. The molecule has 102 valence electrons. The van der Waals surface area contributed by atoms with Gasteiger partial charge in [0.15, 0.2) is 0 Å². The van der Waals surface area contributed by atoms with Gasteiger partial charge in [0.05, 0.1) is 25.7 Å². The highest BCUT2D eigenvalue weighted by Gasteiger charge is 2.30. The first-order valence-electron chi connectivity index (χ1n) is 5.70. The Labute approximate surface area is 121 Å². The molecule has 1 rings (SSSR count). The van der Waals surface area contributed by atoms with Crippen LogP contribution in [0.3, 0.4) is 0 Å². The van der Waals surface area contributed by atoms with E-state index in [9.17, 15) is 10.1 Å². The standard InChI is InChI=1S/C14H16BrNO3/c1-9(17)7-14(2,8-16)10-5-11(18-3)13(15)12(6-10)19-4/h5-6H,7H2,1-4H3. The van der Waals surface area contributed by atoms with E-state index in [1.807, 2.05) is 0 Å². The molecule has 1 aromatic carbocycles. The van der Waals surface area contributed by atoms with Crippen molar-refractivity contribution in [1.82, 2.24) is 0 Å². The third kappa shape index (κ3) is 3.27. The van der Waals surface area contributed by atoms with Gasteiger partial charge in [-0.3, -0.25) is 4.79 Å². The Morgan fingerprint density at radius 2 is 1.84 bits per heavy atom. The molecular formula is C14H16BrNO3. The lowest BCUT2D eigenvalue weighted by Crippen LogP contribution is -2.23. The minimum Gasteiger partial charge on any atom is -0.495 e. The lowest BCUT2D eigenvalue weighted by atomic mass is 9.79. The Balaban J connectivity index is 3.41. The van der Waals surface area contributed by atoms with Gasteiger partial charge in [0.2, 0.25) is 0 Å². The second-order valence-electron chi connectivity index (χ2n) is 4.52. The van der Waals surface area contributed by atoms with Crippen LogP contribution in [0.1, 0.15) is 25.8 Å². The summed E-state index contributed by atoms with van der Waals surface area (Å²) in [4.78, 5) is 11.3. The molecule has 0 saturated carbocycles. The van der Waals surface area contributed by atoms with Crippen molar-refractivity contribution < 1.29 is 14.3 Å². The molecular weight excluding hydrogens is 310 g/mol. The van der Waals surface area contributed by atoms with Crippen LogP contribution in [0.2, 0.25) is 0 Å². The molecule has 4 nitrogen and oxygen atoms in total. The monoisotopic (exact) mass is 325 g/mol. The molecule has 0 saturated heterocycles. The van der Waals surface area contributed by atoms with Crippen LogP contribution >= 0.6 is 15.9 Å². The number of rotatable bonds is 5. The summed E-state index contributed by atoms with van der Waals surface area (Å²) in [6.07, 6.45) is 0.150. The zero-order chi connectivity index (χ0) is 14.6. The summed E-state index contributed by atoms with van der Waals surface area (Å²) in [6.45, 7) is 3.21. The zero-order valence-electron chi connectivity index (χ0n) is 11.4. The van der Waals surface area contributed by atoms with Crippen molar-refractivity contribution in [2.24, 2.45) is 0 Å². The fourth-order valence-electron chi connectivity index (χ4n) is 1.89. The molecule has 0 aliphatic heterocycles. The lowest BCUT2D eigenvalue weighted by Gasteiger charge is -2.22. The van der Waals surface area contributed by atoms with Crippen molar-refractivity contribution in [1.29, 1.82) is 5.26 Å². The van der Waals surface area contributed by atoms with Crippen molar-refractivity contribution in [2.75, 3.05) is 14.2 Å². The van der Waals surface area contributed by atoms with Crippen molar-refractivity contribution in [3.8, 4) is 17.6 Å². The molecule has 0 spiro atoms. The second kappa shape index (κ2) is 6.07. The third-order valence-electron chi connectivity index (χ3n) is 2.93. The smallest absolute Gasteiger partial charge is 0.137 e. The van der Waals surface area contributed by atoms with Crippen molar-refractivity contribution in [2.45, 2.75) is 25.7 Å². The molecule has 5 heteroatoms. The molecule has 0 aliphatic rings. The quantitative estimate of drug-likeness (QED) is 0.833. The lowest BCUT2D eigenvalue weighted by molar-refractivity contribution is -0.117. The maximum atomic E-state index is 11.3. The molecule has 1 atom stereocenters. The fraction of sp³-hybridized carbons (Fsp3) is 0.429.